The van der Waals surface area contributed by atoms with Crippen molar-refractivity contribution >= 4 is 6.08 Å². The van der Waals surface area contributed by atoms with Crippen molar-refractivity contribution in [3.8, 4) is 5.75 Å². The van der Waals surface area contributed by atoms with Gasteiger partial charge in [0.25, 0.3) is 0 Å². The second kappa shape index (κ2) is 4.28. The summed E-state index contributed by atoms with van der Waals surface area (Å²) in [6, 6.07) is 4.97. The molecule has 0 saturated heterocycles. The van der Waals surface area contributed by atoms with Gasteiger partial charge in [-0.2, -0.15) is 0 Å². The smallest absolute Gasteiger partial charge is 0.165 e. The van der Waals surface area contributed by atoms with Crippen molar-refractivity contribution in [2.24, 2.45) is 0 Å². The minimum atomic E-state index is -0.300. The van der Waals surface area contributed by atoms with E-state index in [1.165, 1.54) is 18.9 Å². The lowest BCUT2D eigenvalue weighted by molar-refractivity contribution is 0.0914. The van der Waals surface area contributed by atoms with Crippen molar-refractivity contribution in [1.29, 1.82) is 0 Å². The van der Waals surface area contributed by atoms with Crippen molar-refractivity contribution in [1.82, 2.24) is 0 Å². The van der Waals surface area contributed by atoms with Crippen molar-refractivity contribution < 1.29 is 9.13 Å². The first-order valence-corrected chi connectivity index (χ1v) is 5.74. The van der Waals surface area contributed by atoms with Gasteiger partial charge in [-0.3, -0.25) is 0 Å². The second-order valence-corrected chi connectivity index (χ2v) is 4.65. The zero-order valence-electron chi connectivity index (χ0n) is 9.63. The second-order valence-electron chi connectivity index (χ2n) is 4.65. The molecule has 2 heteroatoms. The summed E-state index contributed by atoms with van der Waals surface area (Å²) in [7, 11) is 0. The van der Waals surface area contributed by atoms with Crippen molar-refractivity contribution in [3.05, 3.63) is 36.2 Å². The van der Waals surface area contributed by atoms with Gasteiger partial charge >= 0.3 is 0 Å². The van der Waals surface area contributed by atoms with Crippen molar-refractivity contribution in [2.75, 3.05) is 0 Å². The highest BCUT2D eigenvalue weighted by atomic mass is 19.1. The molecule has 1 saturated carbocycles. The number of hydrogen-bond donors (Lipinski definition) is 0. The van der Waals surface area contributed by atoms with Gasteiger partial charge in [-0.25, -0.2) is 4.39 Å². The van der Waals surface area contributed by atoms with Crippen LogP contribution in [0.1, 0.15) is 38.2 Å². The van der Waals surface area contributed by atoms with Crippen LogP contribution >= 0.6 is 0 Å². The molecule has 1 aliphatic rings. The lowest BCUT2D eigenvalue weighted by atomic mass is 10.1. The van der Waals surface area contributed by atoms with Crippen LogP contribution in [0.2, 0.25) is 0 Å². The highest BCUT2D eigenvalue weighted by Gasteiger charge is 2.31. The summed E-state index contributed by atoms with van der Waals surface area (Å²) in [6.45, 7) is 5.67. The molecule has 0 aromatic heterocycles. The Morgan fingerprint density at radius 2 is 2.06 bits per heavy atom. The number of hydrogen-bond acceptors (Lipinski definition) is 1. The Hall–Kier alpha value is -1.31. The number of benzene rings is 1. The van der Waals surface area contributed by atoms with Crippen LogP contribution in [0.25, 0.3) is 6.08 Å². The fourth-order valence-corrected chi connectivity index (χ4v) is 2.22. The molecule has 1 nitrogen and oxygen atoms in total. The molecule has 86 valence electrons. The summed E-state index contributed by atoms with van der Waals surface area (Å²) < 4.78 is 19.5. The van der Waals surface area contributed by atoms with Crippen molar-refractivity contribution in [2.45, 2.75) is 38.2 Å². The first kappa shape index (κ1) is 11.2. The molecule has 0 atom stereocenters. The highest BCUT2D eigenvalue weighted by molar-refractivity contribution is 5.48. The van der Waals surface area contributed by atoms with E-state index in [2.05, 4.69) is 13.5 Å². The van der Waals surface area contributed by atoms with Gasteiger partial charge in [-0.05, 0) is 50.3 Å². The molecule has 0 amide bonds. The first-order chi connectivity index (χ1) is 7.63. The van der Waals surface area contributed by atoms with Crippen LogP contribution in [-0.4, -0.2) is 5.60 Å². The highest BCUT2D eigenvalue weighted by Crippen LogP contribution is 2.35. The molecule has 1 aromatic carbocycles. The molecular weight excluding hydrogens is 203 g/mol. The normalized spacial score (nSPS) is 18.4. The molecule has 0 radical (unpaired) electrons. The molecule has 0 aliphatic heterocycles. The quantitative estimate of drug-likeness (QED) is 0.742. The molecule has 0 spiro atoms. The van der Waals surface area contributed by atoms with E-state index in [1.807, 2.05) is 6.07 Å². The third kappa shape index (κ3) is 2.26. The van der Waals surface area contributed by atoms with E-state index < -0.39 is 0 Å². The molecule has 1 fully saturated rings. The molecule has 16 heavy (non-hydrogen) atoms. The molecule has 0 unspecified atom stereocenters. The molecule has 1 aromatic rings. The van der Waals surface area contributed by atoms with Gasteiger partial charge in [0, 0.05) is 0 Å². The van der Waals surface area contributed by atoms with Gasteiger partial charge in [0.2, 0.25) is 0 Å². The lowest BCUT2D eigenvalue weighted by Crippen LogP contribution is -2.28. The van der Waals surface area contributed by atoms with Gasteiger partial charge in [-0.1, -0.05) is 18.7 Å². The third-order valence-corrected chi connectivity index (χ3v) is 3.21. The average Bonchev–Trinajstić information content (AvgIpc) is 2.68. The van der Waals surface area contributed by atoms with Crippen LogP contribution in [-0.2, 0) is 0 Å². The van der Waals surface area contributed by atoms with Crippen LogP contribution in [0.4, 0.5) is 4.39 Å². The molecule has 0 heterocycles. The summed E-state index contributed by atoms with van der Waals surface area (Å²) in [4.78, 5) is 0. The van der Waals surface area contributed by atoms with Crippen molar-refractivity contribution in [3.63, 3.8) is 0 Å². The van der Waals surface area contributed by atoms with E-state index >= 15 is 0 Å². The van der Waals surface area contributed by atoms with Crippen LogP contribution in [0, 0.1) is 5.82 Å². The Kier molecular flexibility index (Phi) is 2.99. The SMILES string of the molecule is C=Cc1ccc(OC2(C)CCCC2)c(F)c1. The standard InChI is InChI=1S/C14H17FO/c1-3-11-6-7-13(12(15)10-11)16-14(2)8-4-5-9-14/h3,6-7,10H,1,4-5,8-9H2,2H3. The topological polar surface area (TPSA) is 9.23 Å². The summed E-state index contributed by atoms with van der Waals surface area (Å²) in [5, 5.41) is 0. The molecule has 2 rings (SSSR count). The Morgan fingerprint density at radius 3 is 2.62 bits per heavy atom. The Morgan fingerprint density at radius 1 is 1.38 bits per heavy atom. The zero-order valence-corrected chi connectivity index (χ0v) is 9.63. The third-order valence-electron chi connectivity index (χ3n) is 3.21. The fourth-order valence-electron chi connectivity index (χ4n) is 2.22. The molecular formula is C14H17FO. The molecule has 0 N–H and O–H groups in total. The largest absolute Gasteiger partial charge is 0.485 e. The van der Waals surface area contributed by atoms with E-state index in [1.54, 1.807) is 12.1 Å². The Balaban J connectivity index is 2.18. The molecule has 0 bridgehead atoms. The first-order valence-electron chi connectivity index (χ1n) is 5.74. The summed E-state index contributed by atoms with van der Waals surface area (Å²) >= 11 is 0. The predicted molar refractivity (Wildman–Crippen MR) is 64.0 cm³/mol. The minimum absolute atomic E-state index is 0.184. The Bertz CT molecular complexity index is 392. The van der Waals surface area contributed by atoms with Crippen LogP contribution < -0.4 is 4.74 Å². The van der Waals surface area contributed by atoms with E-state index in [-0.39, 0.29) is 11.4 Å². The van der Waals surface area contributed by atoms with E-state index in [4.69, 9.17) is 4.74 Å². The summed E-state index contributed by atoms with van der Waals surface area (Å²) in [5.41, 5.74) is 0.595. The average molecular weight is 220 g/mol. The van der Waals surface area contributed by atoms with E-state index in [9.17, 15) is 4.39 Å². The van der Waals surface area contributed by atoms with Gasteiger partial charge in [-0.15, -0.1) is 0 Å². The predicted octanol–water partition coefficient (Wildman–Crippen LogP) is 4.18. The van der Waals surface area contributed by atoms with Gasteiger partial charge in [0.15, 0.2) is 11.6 Å². The monoisotopic (exact) mass is 220 g/mol. The number of halogens is 1. The van der Waals surface area contributed by atoms with Crippen LogP contribution in [0.5, 0.6) is 5.75 Å². The summed E-state index contributed by atoms with van der Waals surface area (Å²) in [6.07, 6.45) is 5.99. The number of rotatable bonds is 3. The van der Waals surface area contributed by atoms with E-state index in [0.717, 1.165) is 18.4 Å². The lowest BCUT2D eigenvalue weighted by Gasteiger charge is -2.25. The maximum atomic E-state index is 13.7. The minimum Gasteiger partial charge on any atom is -0.485 e. The Labute approximate surface area is 95.9 Å². The van der Waals surface area contributed by atoms with Gasteiger partial charge in [0.1, 0.15) is 5.60 Å². The van der Waals surface area contributed by atoms with Crippen LogP contribution in [0.3, 0.4) is 0 Å². The number of ether oxygens (including phenoxy) is 1. The van der Waals surface area contributed by atoms with E-state index in [0.29, 0.717) is 5.75 Å². The maximum absolute atomic E-state index is 13.7. The maximum Gasteiger partial charge on any atom is 0.165 e. The van der Waals surface area contributed by atoms with Gasteiger partial charge in [0.05, 0.1) is 0 Å². The molecule has 1 aliphatic carbocycles. The summed E-state index contributed by atoms with van der Waals surface area (Å²) in [5.74, 6) is 0.0560. The van der Waals surface area contributed by atoms with Crippen LogP contribution in [0.15, 0.2) is 24.8 Å². The zero-order chi connectivity index (χ0) is 11.6. The fraction of sp³-hybridized carbons (Fsp3) is 0.429. The van der Waals surface area contributed by atoms with Gasteiger partial charge < -0.3 is 4.74 Å².